The van der Waals surface area contributed by atoms with Crippen LogP contribution in [-0.2, 0) is 23.3 Å². The van der Waals surface area contributed by atoms with Crippen LogP contribution in [0.15, 0.2) is 53.1 Å². The largest absolute Gasteiger partial charge is 0.489 e. The van der Waals surface area contributed by atoms with Gasteiger partial charge in [0.15, 0.2) is 0 Å². The van der Waals surface area contributed by atoms with Gasteiger partial charge in [0.1, 0.15) is 23.9 Å². The predicted molar refractivity (Wildman–Crippen MR) is 117 cm³/mol. The highest BCUT2D eigenvalue weighted by Gasteiger charge is 2.36. The second kappa shape index (κ2) is 9.62. The Morgan fingerprint density at radius 3 is 2.48 bits per heavy atom. The molecule has 0 aliphatic carbocycles. The summed E-state index contributed by atoms with van der Waals surface area (Å²) in [4.78, 5) is 0. The predicted octanol–water partition coefficient (Wildman–Crippen LogP) is 4.85. The number of halogens is 1. The highest BCUT2D eigenvalue weighted by atomic mass is 19.1. The third-order valence-electron chi connectivity index (χ3n) is 6.18. The van der Waals surface area contributed by atoms with Gasteiger partial charge in [0, 0.05) is 31.7 Å². The molecule has 1 aliphatic rings. The van der Waals surface area contributed by atoms with E-state index in [9.17, 15) is 4.39 Å². The van der Waals surface area contributed by atoms with Crippen molar-refractivity contribution in [2.45, 2.75) is 45.3 Å². The van der Waals surface area contributed by atoms with E-state index in [0.29, 0.717) is 32.9 Å². The summed E-state index contributed by atoms with van der Waals surface area (Å²) in [6, 6.07) is 15.2. The lowest BCUT2D eigenvalue weighted by Gasteiger charge is -2.38. The summed E-state index contributed by atoms with van der Waals surface area (Å²) in [7, 11) is 0. The van der Waals surface area contributed by atoms with Crippen molar-refractivity contribution in [2.24, 2.45) is 0 Å². The maximum absolute atomic E-state index is 14.5. The first kappa shape index (κ1) is 21.5. The molecule has 0 saturated carbocycles. The average Bonchev–Trinajstić information content (AvgIpc) is 3.11. The number of aromatic nitrogens is 1. The van der Waals surface area contributed by atoms with Gasteiger partial charge in [0.25, 0.3) is 0 Å². The first-order valence-electron chi connectivity index (χ1n) is 10.7. The van der Waals surface area contributed by atoms with Crippen molar-refractivity contribution in [1.82, 2.24) is 10.5 Å². The molecule has 2 heterocycles. The maximum Gasteiger partial charge on any atom is 0.140 e. The Bertz CT molecular complexity index is 975. The molecule has 4 rings (SSSR count). The molecule has 3 aromatic rings. The molecule has 31 heavy (non-hydrogen) atoms. The lowest BCUT2D eigenvalue weighted by Crippen LogP contribution is -2.43. The van der Waals surface area contributed by atoms with Crippen LogP contribution >= 0.6 is 0 Å². The van der Waals surface area contributed by atoms with E-state index < -0.39 is 0 Å². The Labute approximate surface area is 182 Å². The first-order chi connectivity index (χ1) is 15.1. The normalized spacial score (nSPS) is 15.7. The van der Waals surface area contributed by atoms with Crippen molar-refractivity contribution < 1.29 is 18.4 Å². The molecule has 0 atom stereocenters. The topological polar surface area (TPSA) is 56.5 Å². The van der Waals surface area contributed by atoms with Gasteiger partial charge in [-0.3, -0.25) is 0 Å². The van der Waals surface area contributed by atoms with Crippen LogP contribution in [0.4, 0.5) is 4.39 Å². The van der Waals surface area contributed by atoms with Crippen LogP contribution in [-0.4, -0.2) is 24.9 Å². The SMILES string of the molecule is Cc1noc(C)c1COc1ccc(CNCC2(c3ccccc3F)CCOCC2)cc1. The summed E-state index contributed by atoms with van der Waals surface area (Å²) in [5, 5.41) is 7.50. The zero-order valence-corrected chi connectivity index (χ0v) is 18.1. The van der Waals surface area contributed by atoms with Crippen molar-refractivity contribution in [1.29, 1.82) is 0 Å². The van der Waals surface area contributed by atoms with Crippen LogP contribution in [0.3, 0.4) is 0 Å². The van der Waals surface area contributed by atoms with Crippen molar-refractivity contribution in [3.63, 3.8) is 0 Å². The lowest BCUT2D eigenvalue weighted by atomic mass is 9.74. The minimum atomic E-state index is -0.235. The van der Waals surface area contributed by atoms with E-state index in [1.807, 2.05) is 38.1 Å². The molecule has 5 nitrogen and oxygen atoms in total. The van der Waals surface area contributed by atoms with Gasteiger partial charge in [0.05, 0.1) is 11.3 Å². The minimum Gasteiger partial charge on any atom is -0.489 e. The van der Waals surface area contributed by atoms with E-state index in [-0.39, 0.29) is 11.2 Å². The number of benzene rings is 2. The number of rotatable bonds is 8. The van der Waals surface area contributed by atoms with E-state index in [1.54, 1.807) is 12.1 Å². The Morgan fingerprint density at radius 2 is 1.81 bits per heavy atom. The molecule has 1 N–H and O–H groups in total. The summed E-state index contributed by atoms with van der Waals surface area (Å²) in [6.07, 6.45) is 1.63. The van der Waals surface area contributed by atoms with Crippen LogP contribution in [0.5, 0.6) is 5.75 Å². The van der Waals surface area contributed by atoms with Crippen LogP contribution in [0.2, 0.25) is 0 Å². The monoisotopic (exact) mass is 424 g/mol. The smallest absolute Gasteiger partial charge is 0.140 e. The molecule has 2 aromatic carbocycles. The zero-order valence-electron chi connectivity index (χ0n) is 18.1. The molecule has 1 saturated heterocycles. The summed E-state index contributed by atoms with van der Waals surface area (Å²) in [5.41, 5.74) is 3.55. The lowest BCUT2D eigenvalue weighted by molar-refractivity contribution is 0.0485. The van der Waals surface area contributed by atoms with Gasteiger partial charge in [-0.05, 0) is 56.0 Å². The van der Waals surface area contributed by atoms with Gasteiger partial charge in [-0.15, -0.1) is 0 Å². The number of ether oxygens (including phenoxy) is 2. The molecule has 164 valence electrons. The Balaban J connectivity index is 1.34. The van der Waals surface area contributed by atoms with Crippen molar-refractivity contribution in [3.8, 4) is 5.75 Å². The summed E-state index contributed by atoms with van der Waals surface area (Å²) >= 11 is 0. The molecule has 0 amide bonds. The summed E-state index contributed by atoms with van der Waals surface area (Å²) in [6.45, 7) is 6.98. The number of nitrogens with zero attached hydrogens (tertiary/aromatic N) is 1. The highest BCUT2D eigenvalue weighted by Crippen LogP contribution is 2.35. The fourth-order valence-corrected chi connectivity index (χ4v) is 4.21. The van der Waals surface area contributed by atoms with E-state index in [0.717, 1.165) is 46.7 Å². The highest BCUT2D eigenvalue weighted by molar-refractivity contribution is 5.30. The molecular weight excluding hydrogens is 395 g/mol. The Kier molecular flexibility index (Phi) is 6.68. The molecule has 0 spiro atoms. The van der Waals surface area contributed by atoms with Crippen molar-refractivity contribution >= 4 is 0 Å². The number of hydrogen-bond donors (Lipinski definition) is 1. The molecule has 6 heteroatoms. The Hall–Kier alpha value is -2.70. The molecule has 0 unspecified atom stereocenters. The molecule has 0 bridgehead atoms. The van der Waals surface area contributed by atoms with E-state index in [1.165, 1.54) is 0 Å². The van der Waals surface area contributed by atoms with Gasteiger partial charge in [-0.1, -0.05) is 35.5 Å². The van der Waals surface area contributed by atoms with Crippen LogP contribution in [0.25, 0.3) is 0 Å². The third kappa shape index (κ3) is 4.97. The maximum atomic E-state index is 14.5. The second-order valence-electron chi connectivity index (χ2n) is 8.21. The fourth-order valence-electron chi connectivity index (χ4n) is 4.21. The standard InChI is InChI=1S/C25H29FN2O3/c1-18-22(19(2)31-28-18)16-30-21-9-7-20(8-10-21)15-27-17-25(11-13-29-14-12-25)23-5-3-4-6-24(23)26/h3-10,27H,11-17H2,1-2H3. The van der Waals surface area contributed by atoms with E-state index in [4.69, 9.17) is 14.0 Å². The average molecular weight is 425 g/mol. The molecular formula is C25H29FN2O3. The third-order valence-corrected chi connectivity index (χ3v) is 6.18. The van der Waals surface area contributed by atoms with E-state index >= 15 is 0 Å². The summed E-state index contributed by atoms with van der Waals surface area (Å²) < 4.78 is 31.2. The summed E-state index contributed by atoms with van der Waals surface area (Å²) in [5.74, 6) is 1.46. The second-order valence-corrected chi connectivity index (χ2v) is 8.21. The van der Waals surface area contributed by atoms with Gasteiger partial charge in [-0.2, -0.15) is 0 Å². The number of hydrogen-bond acceptors (Lipinski definition) is 5. The first-order valence-corrected chi connectivity index (χ1v) is 10.7. The van der Waals surface area contributed by atoms with Gasteiger partial charge >= 0.3 is 0 Å². The molecule has 1 aliphatic heterocycles. The van der Waals surface area contributed by atoms with Crippen molar-refractivity contribution in [3.05, 3.63) is 82.5 Å². The van der Waals surface area contributed by atoms with Gasteiger partial charge in [-0.25, -0.2) is 4.39 Å². The van der Waals surface area contributed by atoms with Gasteiger partial charge < -0.3 is 19.3 Å². The number of nitrogens with one attached hydrogen (secondary N) is 1. The van der Waals surface area contributed by atoms with Crippen LogP contribution < -0.4 is 10.1 Å². The minimum absolute atomic E-state index is 0.133. The van der Waals surface area contributed by atoms with Crippen molar-refractivity contribution in [2.75, 3.05) is 19.8 Å². The molecule has 0 radical (unpaired) electrons. The molecule has 1 fully saturated rings. The van der Waals surface area contributed by atoms with Crippen LogP contribution in [0.1, 0.15) is 41.0 Å². The van der Waals surface area contributed by atoms with E-state index in [2.05, 4.69) is 22.6 Å². The van der Waals surface area contributed by atoms with Gasteiger partial charge in [0.2, 0.25) is 0 Å². The van der Waals surface area contributed by atoms with Crippen LogP contribution in [0, 0.1) is 19.7 Å². The molecule has 1 aromatic heterocycles. The number of aryl methyl sites for hydroxylation is 2. The zero-order chi connectivity index (χ0) is 21.7. The fraction of sp³-hybridized carbons (Fsp3) is 0.400. The quantitative estimate of drug-likeness (QED) is 0.560. The Morgan fingerprint density at radius 1 is 1.06 bits per heavy atom.